The summed E-state index contributed by atoms with van der Waals surface area (Å²) in [7, 11) is 1.66. The van der Waals surface area contributed by atoms with Crippen LogP contribution >= 0.6 is 0 Å². The van der Waals surface area contributed by atoms with Crippen molar-refractivity contribution >= 4 is 0 Å². The van der Waals surface area contributed by atoms with E-state index in [4.69, 9.17) is 4.74 Å². The molecule has 0 aliphatic heterocycles. The second-order valence-corrected chi connectivity index (χ2v) is 7.94. The number of benzene rings is 1. The van der Waals surface area contributed by atoms with Gasteiger partial charge in [0.25, 0.3) is 5.56 Å². The van der Waals surface area contributed by atoms with Crippen molar-refractivity contribution < 1.29 is 4.74 Å². The van der Waals surface area contributed by atoms with Crippen molar-refractivity contribution in [3.05, 3.63) is 45.9 Å². The molecule has 1 fully saturated rings. The van der Waals surface area contributed by atoms with Gasteiger partial charge in [0, 0.05) is 17.5 Å². The molecule has 4 rings (SSSR count). The predicted molar refractivity (Wildman–Crippen MR) is 95.4 cm³/mol. The van der Waals surface area contributed by atoms with Crippen LogP contribution in [0.1, 0.15) is 57.7 Å². The first kappa shape index (κ1) is 15.6. The van der Waals surface area contributed by atoms with Gasteiger partial charge in [0.2, 0.25) is 0 Å². The van der Waals surface area contributed by atoms with Crippen molar-refractivity contribution in [1.29, 1.82) is 0 Å². The number of fused-ring (bicyclic) bond motifs is 5. The molecule has 0 saturated heterocycles. The average Bonchev–Trinajstić information content (AvgIpc) is 3.06. The molecule has 2 bridgehead atoms. The highest BCUT2D eigenvalue weighted by molar-refractivity contribution is 5.48. The molecule has 0 spiro atoms. The second kappa shape index (κ2) is 4.78. The minimum absolute atomic E-state index is 0.0832. The van der Waals surface area contributed by atoms with E-state index in [0.717, 1.165) is 30.0 Å². The van der Waals surface area contributed by atoms with Gasteiger partial charge in [-0.25, -0.2) is 4.68 Å². The standard InChI is InChI=1S/C20H26N2O2/c1-6-21-17-16(15-11-12-20(17,4)19(15,2)3)18(23)22(21)13-7-9-14(24-5)10-8-13/h7-10,15H,6,11-12H2,1-5H3/t15-,20+/m1/s1. The van der Waals surface area contributed by atoms with Crippen LogP contribution in [0.4, 0.5) is 0 Å². The molecule has 2 atom stereocenters. The summed E-state index contributed by atoms with van der Waals surface area (Å²) in [5.74, 6) is 1.18. The van der Waals surface area contributed by atoms with Crippen molar-refractivity contribution in [1.82, 2.24) is 9.36 Å². The Morgan fingerprint density at radius 1 is 1.21 bits per heavy atom. The van der Waals surface area contributed by atoms with E-state index >= 15 is 0 Å². The zero-order chi connectivity index (χ0) is 17.3. The highest BCUT2D eigenvalue weighted by atomic mass is 16.5. The molecule has 0 unspecified atom stereocenters. The summed E-state index contributed by atoms with van der Waals surface area (Å²) in [5.41, 5.74) is 3.65. The summed E-state index contributed by atoms with van der Waals surface area (Å²) >= 11 is 0. The molecular weight excluding hydrogens is 300 g/mol. The van der Waals surface area contributed by atoms with Crippen LogP contribution in [0, 0.1) is 5.41 Å². The van der Waals surface area contributed by atoms with Crippen molar-refractivity contribution in [2.75, 3.05) is 7.11 Å². The Kier molecular flexibility index (Phi) is 3.09. The number of ether oxygens (including phenoxy) is 1. The van der Waals surface area contributed by atoms with E-state index in [-0.39, 0.29) is 16.4 Å². The molecule has 0 radical (unpaired) electrons. The van der Waals surface area contributed by atoms with Crippen LogP contribution in [0.15, 0.2) is 29.1 Å². The molecule has 1 aromatic heterocycles. The summed E-state index contributed by atoms with van der Waals surface area (Å²) < 4.78 is 9.33. The third-order valence-electron chi connectivity index (χ3n) is 6.89. The lowest BCUT2D eigenvalue weighted by Gasteiger charge is -2.36. The molecule has 1 saturated carbocycles. The monoisotopic (exact) mass is 326 g/mol. The molecule has 0 amide bonds. The highest BCUT2D eigenvalue weighted by Gasteiger charge is 2.62. The van der Waals surface area contributed by atoms with Crippen LogP contribution in [0.5, 0.6) is 5.75 Å². The Hall–Kier alpha value is -1.97. The van der Waals surface area contributed by atoms with Gasteiger partial charge in [-0.05, 0) is 55.4 Å². The zero-order valence-electron chi connectivity index (χ0n) is 15.2. The Bertz CT molecular complexity index is 857. The van der Waals surface area contributed by atoms with Crippen molar-refractivity contribution in [2.45, 2.75) is 58.4 Å². The second-order valence-electron chi connectivity index (χ2n) is 7.94. The molecule has 2 aromatic rings. The van der Waals surface area contributed by atoms with Gasteiger partial charge in [-0.15, -0.1) is 0 Å². The normalized spacial score (nSPS) is 26.6. The summed E-state index contributed by atoms with van der Waals surface area (Å²) in [5, 5.41) is 0. The van der Waals surface area contributed by atoms with E-state index in [1.54, 1.807) is 7.11 Å². The van der Waals surface area contributed by atoms with Crippen LogP contribution in [-0.2, 0) is 12.0 Å². The third-order valence-corrected chi connectivity index (χ3v) is 6.89. The molecule has 0 N–H and O–H groups in total. The van der Waals surface area contributed by atoms with Gasteiger partial charge in [0.1, 0.15) is 5.75 Å². The molecule has 1 aromatic carbocycles. The van der Waals surface area contributed by atoms with Gasteiger partial charge in [-0.1, -0.05) is 20.8 Å². The first-order chi connectivity index (χ1) is 11.4. The molecule has 4 heteroatoms. The Labute approximate surface area is 143 Å². The van der Waals surface area contributed by atoms with Crippen molar-refractivity contribution in [3.63, 3.8) is 0 Å². The van der Waals surface area contributed by atoms with Crippen LogP contribution in [0.2, 0.25) is 0 Å². The Morgan fingerprint density at radius 3 is 2.46 bits per heavy atom. The average molecular weight is 326 g/mol. The predicted octanol–water partition coefficient (Wildman–Crippen LogP) is 3.84. The van der Waals surface area contributed by atoms with E-state index in [1.165, 1.54) is 12.1 Å². The van der Waals surface area contributed by atoms with Crippen LogP contribution in [0.25, 0.3) is 5.69 Å². The van der Waals surface area contributed by atoms with Gasteiger partial charge in [0.15, 0.2) is 0 Å². The lowest BCUT2D eigenvalue weighted by Crippen LogP contribution is -2.35. The molecule has 2 aliphatic carbocycles. The fourth-order valence-corrected chi connectivity index (χ4v) is 5.17. The molecule has 4 nitrogen and oxygen atoms in total. The zero-order valence-corrected chi connectivity index (χ0v) is 15.2. The SMILES string of the molecule is CCn1c2c(c(=O)n1-c1ccc(OC)cc1)[C@H]1CC[C@]2(C)C1(C)C. The smallest absolute Gasteiger partial charge is 0.275 e. The largest absolute Gasteiger partial charge is 0.497 e. The Balaban J connectivity index is 1.97. The molecule has 1 heterocycles. The fraction of sp³-hybridized carbons (Fsp3) is 0.550. The van der Waals surface area contributed by atoms with Gasteiger partial charge >= 0.3 is 0 Å². The molecule has 24 heavy (non-hydrogen) atoms. The summed E-state index contributed by atoms with van der Waals surface area (Å²) in [6.45, 7) is 9.95. The van der Waals surface area contributed by atoms with E-state index in [2.05, 4.69) is 32.4 Å². The third kappa shape index (κ3) is 1.61. The highest BCUT2D eigenvalue weighted by Crippen LogP contribution is 2.67. The summed E-state index contributed by atoms with van der Waals surface area (Å²) in [4.78, 5) is 13.3. The van der Waals surface area contributed by atoms with E-state index in [1.807, 2.05) is 28.9 Å². The van der Waals surface area contributed by atoms with Gasteiger partial charge < -0.3 is 4.74 Å². The number of aromatic nitrogens is 2. The summed E-state index contributed by atoms with van der Waals surface area (Å²) in [6.07, 6.45) is 2.30. The van der Waals surface area contributed by atoms with Crippen LogP contribution in [0.3, 0.4) is 0 Å². The van der Waals surface area contributed by atoms with Crippen molar-refractivity contribution in [2.24, 2.45) is 5.41 Å². The number of rotatable bonds is 3. The Morgan fingerprint density at radius 2 is 1.88 bits per heavy atom. The van der Waals surface area contributed by atoms with E-state index in [9.17, 15) is 4.79 Å². The minimum atomic E-state index is 0.0832. The quantitative estimate of drug-likeness (QED) is 0.859. The van der Waals surface area contributed by atoms with Crippen molar-refractivity contribution in [3.8, 4) is 11.4 Å². The number of nitrogens with zero attached hydrogens (tertiary/aromatic N) is 2. The molecule has 128 valence electrons. The first-order valence-corrected chi connectivity index (χ1v) is 8.87. The van der Waals surface area contributed by atoms with Gasteiger partial charge in [-0.3, -0.25) is 9.48 Å². The fourth-order valence-electron chi connectivity index (χ4n) is 5.17. The van der Waals surface area contributed by atoms with E-state index in [0.29, 0.717) is 5.92 Å². The number of methoxy groups -OCH3 is 1. The molecule has 2 aliphatic rings. The molecular formula is C20H26N2O2. The number of hydrogen-bond acceptors (Lipinski definition) is 2. The van der Waals surface area contributed by atoms with Crippen LogP contribution in [-0.4, -0.2) is 16.5 Å². The lowest BCUT2D eigenvalue weighted by atomic mass is 9.70. The maximum Gasteiger partial charge on any atom is 0.275 e. The maximum absolute atomic E-state index is 13.3. The maximum atomic E-state index is 13.3. The minimum Gasteiger partial charge on any atom is -0.497 e. The number of hydrogen-bond donors (Lipinski definition) is 0. The van der Waals surface area contributed by atoms with E-state index < -0.39 is 0 Å². The van der Waals surface area contributed by atoms with Gasteiger partial charge in [0.05, 0.1) is 18.5 Å². The van der Waals surface area contributed by atoms with Crippen LogP contribution < -0.4 is 10.3 Å². The van der Waals surface area contributed by atoms with Gasteiger partial charge in [-0.2, -0.15) is 0 Å². The lowest BCUT2D eigenvalue weighted by molar-refractivity contribution is 0.216. The topological polar surface area (TPSA) is 36.2 Å². The summed E-state index contributed by atoms with van der Waals surface area (Å²) in [6, 6.07) is 7.77. The first-order valence-electron chi connectivity index (χ1n) is 8.87.